The molecule has 2 aliphatic rings. The maximum Gasteiger partial charge on any atom is 0.234 e. The van der Waals surface area contributed by atoms with Crippen LogP contribution in [0.25, 0.3) is 0 Å². The Balaban J connectivity index is 1.79. The van der Waals surface area contributed by atoms with E-state index in [1.54, 1.807) is 6.20 Å². The Morgan fingerprint density at radius 1 is 1.44 bits per heavy atom. The van der Waals surface area contributed by atoms with Crippen LogP contribution in [-0.2, 0) is 4.74 Å². The van der Waals surface area contributed by atoms with Crippen molar-refractivity contribution in [2.75, 3.05) is 18.0 Å². The number of morpholine rings is 1. The third-order valence-corrected chi connectivity index (χ3v) is 3.50. The fraction of sp³-hybridized carbons (Fsp3) is 0.615. The number of anilines is 1. The van der Waals surface area contributed by atoms with Gasteiger partial charge in [-0.15, -0.1) is 0 Å². The van der Waals surface area contributed by atoms with E-state index in [2.05, 4.69) is 21.8 Å². The molecule has 1 aromatic heterocycles. The smallest absolute Gasteiger partial charge is 0.234 e. The Hall–Kier alpha value is -1.67. The van der Waals surface area contributed by atoms with E-state index < -0.39 is 0 Å². The number of nitriles is 1. The van der Waals surface area contributed by atoms with Crippen molar-refractivity contribution in [2.45, 2.75) is 32.0 Å². The van der Waals surface area contributed by atoms with Crippen LogP contribution in [0.15, 0.2) is 12.3 Å². The molecule has 0 bridgehead atoms. The van der Waals surface area contributed by atoms with Crippen LogP contribution in [0.1, 0.15) is 25.6 Å². The van der Waals surface area contributed by atoms with Gasteiger partial charge in [-0.1, -0.05) is 0 Å². The molecule has 0 N–H and O–H groups in total. The summed E-state index contributed by atoms with van der Waals surface area (Å²) in [6.45, 7) is 3.79. The third-order valence-electron chi connectivity index (χ3n) is 3.50. The molecule has 1 aliphatic carbocycles. The predicted octanol–water partition coefficient (Wildman–Crippen LogP) is 1.35. The molecular formula is C13H16N4O. The lowest BCUT2D eigenvalue weighted by Gasteiger charge is -2.37. The minimum absolute atomic E-state index is 0.213. The van der Waals surface area contributed by atoms with Crippen molar-refractivity contribution < 1.29 is 4.74 Å². The highest BCUT2D eigenvalue weighted by Gasteiger charge is 2.37. The quantitative estimate of drug-likeness (QED) is 0.786. The molecule has 5 nitrogen and oxygen atoms in total. The monoisotopic (exact) mass is 244 g/mol. The normalized spacial score (nSPS) is 27.9. The summed E-state index contributed by atoms with van der Waals surface area (Å²) in [5.74, 6) is 1.78. The first-order valence-electron chi connectivity index (χ1n) is 6.40. The van der Waals surface area contributed by atoms with Gasteiger partial charge in [-0.3, -0.25) is 0 Å². The lowest BCUT2D eigenvalue weighted by atomic mass is 10.1. The molecule has 0 radical (unpaired) electrons. The van der Waals surface area contributed by atoms with Crippen LogP contribution >= 0.6 is 0 Å². The second kappa shape index (κ2) is 4.54. The highest BCUT2D eigenvalue weighted by atomic mass is 16.5. The van der Waals surface area contributed by atoms with Crippen molar-refractivity contribution in [1.29, 1.82) is 5.26 Å². The molecule has 0 unspecified atom stereocenters. The van der Waals surface area contributed by atoms with Crippen LogP contribution in [0.2, 0.25) is 0 Å². The minimum atomic E-state index is 0.213. The van der Waals surface area contributed by atoms with Gasteiger partial charge in [-0.25, -0.2) is 9.97 Å². The molecule has 0 amide bonds. The first kappa shape index (κ1) is 11.4. The Morgan fingerprint density at radius 2 is 2.28 bits per heavy atom. The Morgan fingerprint density at radius 3 is 3.00 bits per heavy atom. The number of nitrogens with zero attached hydrogens (tertiary/aromatic N) is 4. The zero-order chi connectivity index (χ0) is 12.5. The molecular weight excluding hydrogens is 228 g/mol. The summed E-state index contributed by atoms with van der Waals surface area (Å²) in [6, 6.07) is 3.85. The molecule has 3 rings (SSSR count). The first-order valence-corrected chi connectivity index (χ1v) is 6.40. The minimum Gasteiger partial charge on any atom is -0.371 e. The van der Waals surface area contributed by atoms with E-state index in [1.165, 1.54) is 12.8 Å². The van der Waals surface area contributed by atoms with Crippen LogP contribution in [0.3, 0.4) is 0 Å². The van der Waals surface area contributed by atoms with E-state index in [9.17, 15) is 0 Å². The van der Waals surface area contributed by atoms with Gasteiger partial charge in [-0.05, 0) is 31.7 Å². The van der Waals surface area contributed by atoms with E-state index in [0.29, 0.717) is 12.0 Å². The van der Waals surface area contributed by atoms with Crippen molar-refractivity contribution in [3.8, 4) is 6.07 Å². The van der Waals surface area contributed by atoms with Crippen molar-refractivity contribution in [3.63, 3.8) is 0 Å². The molecule has 2 atom stereocenters. The summed E-state index contributed by atoms with van der Waals surface area (Å²) in [5, 5.41) is 8.84. The molecule has 0 spiro atoms. The number of rotatable bonds is 2. The molecule has 1 saturated heterocycles. The van der Waals surface area contributed by atoms with Crippen molar-refractivity contribution in [2.24, 2.45) is 5.92 Å². The van der Waals surface area contributed by atoms with Crippen LogP contribution in [-0.4, -0.2) is 35.3 Å². The first-order chi connectivity index (χ1) is 8.76. The van der Waals surface area contributed by atoms with Gasteiger partial charge in [0.2, 0.25) is 5.82 Å². The summed E-state index contributed by atoms with van der Waals surface area (Å²) in [4.78, 5) is 10.4. The van der Waals surface area contributed by atoms with E-state index >= 15 is 0 Å². The molecule has 0 aromatic carbocycles. The summed E-state index contributed by atoms with van der Waals surface area (Å²) in [7, 11) is 0. The number of aromatic nitrogens is 2. The van der Waals surface area contributed by atoms with Gasteiger partial charge in [0.25, 0.3) is 0 Å². The van der Waals surface area contributed by atoms with Gasteiger partial charge in [0.1, 0.15) is 11.9 Å². The zero-order valence-electron chi connectivity index (χ0n) is 10.4. The van der Waals surface area contributed by atoms with Gasteiger partial charge >= 0.3 is 0 Å². The lowest BCUT2D eigenvalue weighted by Crippen LogP contribution is -2.47. The van der Waals surface area contributed by atoms with E-state index in [4.69, 9.17) is 10.00 Å². The SMILES string of the molecule is C[C@@H]1CN(c2ccnc(C#N)n2)C[C@H](C2CC2)O1. The van der Waals surface area contributed by atoms with Crippen molar-refractivity contribution in [3.05, 3.63) is 18.1 Å². The molecule has 1 aromatic rings. The molecule has 94 valence electrons. The summed E-state index contributed by atoms with van der Waals surface area (Å²) in [6.07, 6.45) is 4.73. The fourth-order valence-corrected chi connectivity index (χ4v) is 2.48. The second-order valence-corrected chi connectivity index (χ2v) is 5.08. The molecule has 18 heavy (non-hydrogen) atoms. The molecule has 2 fully saturated rings. The second-order valence-electron chi connectivity index (χ2n) is 5.08. The lowest BCUT2D eigenvalue weighted by molar-refractivity contribution is -0.0273. The van der Waals surface area contributed by atoms with Gasteiger partial charge in [0.15, 0.2) is 0 Å². The van der Waals surface area contributed by atoms with Crippen molar-refractivity contribution in [1.82, 2.24) is 9.97 Å². The highest BCUT2D eigenvalue weighted by Crippen LogP contribution is 2.37. The largest absolute Gasteiger partial charge is 0.371 e. The Bertz CT molecular complexity index is 480. The Labute approximate surface area is 106 Å². The Kier molecular flexibility index (Phi) is 2.88. The standard InChI is InChI=1S/C13H16N4O/c1-9-7-17(8-11(18-9)10-2-3-10)13-4-5-15-12(6-14)16-13/h4-5,9-11H,2-3,7-8H2,1H3/t9-,11-/m1/s1. The van der Waals surface area contributed by atoms with E-state index in [0.717, 1.165) is 18.9 Å². The highest BCUT2D eigenvalue weighted by molar-refractivity contribution is 5.40. The van der Waals surface area contributed by atoms with Gasteiger partial charge in [-0.2, -0.15) is 5.26 Å². The van der Waals surface area contributed by atoms with Gasteiger partial charge in [0, 0.05) is 19.3 Å². The number of hydrogen-bond acceptors (Lipinski definition) is 5. The number of ether oxygens (including phenoxy) is 1. The summed E-state index contributed by atoms with van der Waals surface area (Å²) < 4.78 is 5.97. The predicted molar refractivity (Wildman–Crippen MR) is 66.0 cm³/mol. The summed E-state index contributed by atoms with van der Waals surface area (Å²) in [5.41, 5.74) is 0. The molecule has 2 heterocycles. The average Bonchev–Trinajstić information content (AvgIpc) is 3.22. The van der Waals surface area contributed by atoms with E-state index in [-0.39, 0.29) is 11.9 Å². The maximum atomic E-state index is 8.84. The molecule has 5 heteroatoms. The molecule has 1 aliphatic heterocycles. The van der Waals surface area contributed by atoms with Crippen molar-refractivity contribution >= 4 is 5.82 Å². The molecule has 1 saturated carbocycles. The van der Waals surface area contributed by atoms with E-state index in [1.807, 2.05) is 12.1 Å². The van der Waals surface area contributed by atoms with Crippen LogP contribution in [0.4, 0.5) is 5.82 Å². The van der Waals surface area contributed by atoms with Gasteiger partial charge < -0.3 is 9.64 Å². The average molecular weight is 244 g/mol. The van der Waals surface area contributed by atoms with Crippen LogP contribution in [0, 0.1) is 17.2 Å². The van der Waals surface area contributed by atoms with Crippen LogP contribution in [0.5, 0.6) is 0 Å². The third kappa shape index (κ3) is 2.29. The maximum absolute atomic E-state index is 8.84. The topological polar surface area (TPSA) is 62.0 Å². The summed E-state index contributed by atoms with van der Waals surface area (Å²) >= 11 is 0. The number of hydrogen-bond donors (Lipinski definition) is 0. The van der Waals surface area contributed by atoms with Gasteiger partial charge in [0.05, 0.1) is 12.2 Å². The fourth-order valence-electron chi connectivity index (χ4n) is 2.48. The zero-order valence-corrected chi connectivity index (χ0v) is 10.4. The van der Waals surface area contributed by atoms with Crippen LogP contribution < -0.4 is 4.90 Å².